The fourth-order valence-electron chi connectivity index (χ4n) is 2.76. The molecule has 0 unspecified atom stereocenters. The highest BCUT2D eigenvalue weighted by molar-refractivity contribution is 5.69. The Kier molecular flexibility index (Phi) is 19.0. The molecular formula is C20H40O3. The fraction of sp³-hybridized carbons (Fsp3) is 0.950. The van der Waals surface area contributed by atoms with Crippen molar-refractivity contribution >= 4 is 5.97 Å². The molecule has 0 fully saturated rings. The molecule has 23 heavy (non-hydrogen) atoms. The zero-order valence-corrected chi connectivity index (χ0v) is 15.5. The highest BCUT2D eigenvalue weighted by Gasteiger charge is 2.02. The van der Waals surface area contributed by atoms with Crippen molar-refractivity contribution in [3.63, 3.8) is 0 Å². The summed E-state index contributed by atoms with van der Waals surface area (Å²) in [6.45, 7) is 3.13. The van der Waals surface area contributed by atoms with Gasteiger partial charge in [-0.2, -0.15) is 0 Å². The minimum Gasteiger partial charge on any atom is -0.466 e. The molecule has 3 heteroatoms. The number of aliphatic hydroxyl groups excluding tert-OH is 1. The molecule has 0 saturated heterocycles. The molecule has 0 rings (SSSR count). The standard InChI is InChI=1S/C20H40O3/c1-2-3-4-14-17-20(22)23-19-16-13-11-9-7-5-6-8-10-12-15-18-21/h21H,2-19H2,1H3. The summed E-state index contributed by atoms with van der Waals surface area (Å²) < 4.78 is 5.26. The highest BCUT2D eigenvalue weighted by atomic mass is 16.5. The second kappa shape index (κ2) is 19.5. The van der Waals surface area contributed by atoms with Gasteiger partial charge in [-0.05, 0) is 19.3 Å². The van der Waals surface area contributed by atoms with Crippen molar-refractivity contribution in [1.82, 2.24) is 0 Å². The zero-order valence-electron chi connectivity index (χ0n) is 15.5. The third kappa shape index (κ3) is 19.4. The summed E-state index contributed by atoms with van der Waals surface area (Å²) in [6, 6.07) is 0. The van der Waals surface area contributed by atoms with Gasteiger partial charge in [0.05, 0.1) is 6.61 Å². The first-order valence-corrected chi connectivity index (χ1v) is 10.1. The molecule has 0 aromatic rings. The van der Waals surface area contributed by atoms with Crippen molar-refractivity contribution in [3.05, 3.63) is 0 Å². The largest absolute Gasteiger partial charge is 0.466 e. The number of carbonyl (C=O) groups excluding carboxylic acids is 1. The van der Waals surface area contributed by atoms with Gasteiger partial charge in [0.1, 0.15) is 0 Å². The van der Waals surface area contributed by atoms with Crippen LogP contribution in [0.4, 0.5) is 0 Å². The normalized spacial score (nSPS) is 10.9. The predicted molar refractivity (Wildman–Crippen MR) is 97.6 cm³/mol. The molecule has 0 aromatic heterocycles. The molecule has 3 nitrogen and oxygen atoms in total. The van der Waals surface area contributed by atoms with E-state index in [9.17, 15) is 4.79 Å². The van der Waals surface area contributed by atoms with Gasteiger partial charge in [-0.15, -0.1) is 0 Å². The van der Waals surface area contributed by atoms with Gasteiger partial charge in [-0.25, -0.2) is 0 Å². The molecule has 1 N–H and O–H groups in total. The summed E-state index contributed by atoms with van der Waals surface area (Å²) in [6.07, 6.45) is 18.6. The minimum absolute atomic E-state index is 0.0118. The molecule has 0 aliphatic rings. The van der Waals surface area contributed by atoms with Gasteiger partial charge < -0.3 is 9.84 Å². The first-order valence-electron chi connectivity index (χ1n) is 10.1. The van der Waals surface area contributed by atoms with E-state index in [0.717, 1.165) is 25.7 Å². The van der Waals surface area contributed by atoms with Crippen molar-refractivity contribution < 1.29 is 14.6 Å². The van der Waals surface area contributed by atoms with Crippen LogP contribution in [0.3, 0.4) is 0 Å². The van der Waals surface area contributed by atoms with Crippen LogP contribution in [0.2, 0.25) is 0 Å². The monoisotopic (exact) mass is 328 g/mol. The fourth-order valence-corrected chi connectivity index (χ4v) is 2.76. The Morgan fingerprint density at radius 3 is 1.70 bits per heavy atom. The van der Waals surface area contributed by atoms with E-state index in [0.29, 0.717) is 19.6 Å². The Labute approximate surface area is 144 Å². The van der Waals surface area contributed by atoms with E-state index in [1.165, 1.54) is 70.6 Å². The van der Waals surface area contributed by atoms with Crippen molar-refractivity contribution in [2.24, 2.45) is 0 Å². The van der Waals surface area contributed by atoms with Crippen molar-refractivity contribution in [2.45, 2.75) is 110 Å². The van der Waals surface area contributed by atoms with Gasteiger partial charge in [0.25, 0.3) is 0 Å². The van der Waals surface area contributed by atoms with Crippen LogP contribution in [-0.4, -0.2) is 24.3 Å². The minimum atomic E-state index is -0.0118. The number of unbranched alkanes of at least 4 members (excludes halogenated alkanes) is 13. The van der Waals surface area contributed by atoms with Crippen molar-refractivity contribution in [3.8, 4) is 0 Å². The van der Waals surface area contributed by atoms with Crippen LogP contribution < -0.4 is 0 Å². The zero-order chi connectivity index (χ0) is 17.0. The third-order valence-electron chi connectivity index (χ3n) is 4.30. The molecule has 0 aliphatic heterocycles. The van der Waals surface area contributed by atoms with Gasteiger partial charge in [0.2, 0.25) is 0 Å². The van der Waals surface area contributed by atoms with E-state index in [4.69, 9.17) is 9.84 Å². The predicted octanol–water partition coefficient (Wildman–Crippen LogP) is 5.78. The van der Waals surface area contributed by atoms with Crippen LogP contribution >= 0.6 is 0 Å². The number of ether oxygens (including phenoxy) is 1. The number of carbonyl (C=O) groups is 1. The lowest BCUT2D eigenvalue weighted by atomic mass is 10.1. The maximum atomic E-state index is 11.5. The van der Waals surface area contributed by atoms with Gasteiger partial charge in [0.15, 0.2) is 0 Å². The average molecular weight is 329 g/mol. The Balaban J connectivity index is 3.08. The lowest BCUT2D eigenvalue weighted by molar-refractivity contribution is -0.143. The molecule has 138 valence electrons. The first-order chi connectivity index (χ1) is 11.3. The molecule has 0 amide bonds. The molecule has 0 spiro atoms. The summed E-state index contributed by atoms with van der Waals surface area (Å²) in [5, 5.41) is 8.69. The Bertz CT molecular complexity index is 241. The Morgan fingerprint density at radius 1 is 0.696 bits per heavy atom. The van der Waals surface area contributed by atoms with Crippen molar-refractivity contribution in [1.29, 1.82) is 0 Å². The van der Waals surface area contributed by atoms with E-state index in [-0.39, 0.29) is 5.97 Å². The topological polar surface area (TPSA) is 46.5 Å². The average Bonchev–Trinajstić information content (AvgIpc) is 2.56. The summed E-state index contributed by atoms with van der Waals surface area (Å²) in [5.74, 6) is -0.0118. The van der Waals surface area contributed by atoms with Crippen LogP contribution in [0.5, 0.6) is 0 Å². The molecular weight excluding hydrogens is 288 g/mol. The Morgan fingerprint density at radius 2 is 1.17 bits per heavy atom. The second-order valence-electron chi connectivity index (χ2n) is 6.64. The number of rotatable bonds is 18. The van der Waals surface area contributed by atoms with E-state index in [2.05, 4.69) is 6.92 Å². The smallest absolute Gasteiger partial charge is 0.305 e. The summed E-state index contributed by atoms with van der Waals surface area (Å²) in [7, 11) is 0. The maximum absolute atomic E-state index is 11.5. The van der Waals surface area contributed by atoms with E-state index >= 15 is 0 Å². The van der Waals surface area contributed by atoms with Crippen LogP contribution in [0, 0.1) is 0 Å². The number of hydrogen-bond donors (Lipinski definition) is 1. The van der Waals surface area contributed by atoms with E-state index in [1.54, 1.807) is 0 Å². The molecule has 0 bridgehead atoms. The SMILES string of the molecule is CCCCCCC(=O)OCCCCCCCCCCCCCO. The number of aliphatic hydroxyl groups is 1. The summed E-state index contributed by atoms with van der Waals surface area (Å²) in [4.78, 5) is 11.5. The van der Waals surface area contributed by atoms with Crippen LogP contribution in [0.1, 0.15) is 110 Å². The van der Waals surface area contributed by atoms with Gasteiger partial charge in [-0.3, -0.25) is 4.79 Å². The van der Waals surface area contributed by atoms with Crippen LogP contribution in [0.25, 0.3) is 0 Å². The van der Waals surface area contributed by atoms with Crippen LogP contribution in [-0.2, 0) is 9.53 Å². The lowest BCUT2D eigenvalue weighted by Gasteiger charge is -2.05. The summed E-state index contributed by atoms with van der Waals surface area (Å²) in [5.41, 5.74) is 0. The summed E-state index contributed by atoms with van der Waals surface area (Å²) >= 11 is 0. The van der Waals surface area contributed by atoms with Gasteiger partial charge in [0, 0.05) is 13.0 Å². The van der Waals surface area contributed by atoms with E-state index < -0.39 is 0 Å². The molecule has 0 heterocycles. The lowest BCUT2D eigenvalue weighted by Crippen LogP contribution is -2.05. The molecule has 0 aliphatic carbocycles. The second-order valence-corrected chi connectivity index (χ2v) is 6.64. The number of hydrogen-bond acceptors (Lipinski definition) is 3. The molecule has 0 aromatic carbocycles. The molecule has 0 atom stereocenters. The Hall–Kier alpha value is -0.570. The van der Waals surface area contributed by atoms with Gasteiger partial charge >= 0.3 is 5.97 Å². The van der Waals surface area contributed by atoms with Gasteiger partial charge in [-0.1, -0.05) is 84.0 Å². The van der Waals surface area contributed by atoms with E-state index in [1.807, 2.05) is 0 Å². The highest BCUT2D eigenvalue weighted by Crippen LogP contribution is 2.11. The van der Waals surface area contributed by atoms with Crippen LogP contribution in [0.15, 0.2) is 0 Å². The van der Waals surface area contributed by atoms with Crippen molar-refractivity contribution in [2.75, 3.05) is 13.2 Å². The maximum Gasteiger partial charge on any atom is 0.305 e. The quantitative estimate of drug-likeness (QED) is 0.256. The number of esters is 1. The molecule has 0 saturated carbocycles. The molecule has 0 radical (unpaired) electrons. The first kappa shape index (κ1) is 22.4. The third-order valence-corrected chi connectivity index (χ3v) is 4.30.